The van der Waals surface area contributed by atoms with Crippen LogP contribution < -0.4 is 10.1 Å². The third-order valence-electron chi connectivity index (χ3n) is 2.92. The summed E-state index contributed by atoms with van der Waals surface area (Å²) in [6.45, 7) is 5.71. The average molecular weight is 233 g/mol. The average Bonchev–Trinajstić information content (AvgIpc) is 2.81. The van der Waals surface area contributed by atoms with Crippen molar-refractivity contribution < 1.29 is 9.53 Å². The summed E-state index contributed by atoms with van der Waals surface area (Å²) >= 11 is 0. The zero-order valence-electron chi connectivity index (χ0n) is 10.4. The molecule has 1 fully saturated rings. The predicted molar refractivity (Wildman–Crippen MR) is 67.5 cm³/mol. The van der Waals surface area contributed by atoms with Gasteiger partial charge in [-0.05, 0) is 38.9 Å². The van der Waals surface area contributed by atoms with Crippen molar-refractivity contribution in [1.82, 2.24) is 5.32 Å². The van der Waals surface area contributed by atoms with Crippen LogP contribution in [-0.4, -0.2) is 25.0 Å². The van der Waals surface area contributed by atoms with Gasteiger partial charge in [0.15, 0.2) is 5.78 Å². The highest BCUT2D eigenvalue weighted by Crippen LogP contribution is 2.20. The van der Waals surface area contributed by atoms with E-state index in [9.17, 15) is 4.79 Å². The van der Waals surface area contributed by atoms with Gasteiger partial charge in [0.25, 0.3) is 0 Å². The third-order valence-corrected chi connectivity index (χ3v) is 2.92. The largest absolute Gasteiger partial charge is 0.491 e. The maximum Gasteiger partial charge on any atom is 0.167 e. The summed E-state index contributed by atoms with van der Waals surface area (Å²) in [5, 5.41) is 3.22. The highest BCUT2D eigenvalue weighted by molar-refractivity contribution is 5.98. The Bertz CT molecular complexity index is 395. The number of ketones is 1. The van der Waals surface area contributed by atoms with E-state index in [1.165, 1.54) is 0 Å². The summed E-state index contributed by atoms with van der Waals surface area (Å²) < 4.78 is 5.60. The Morgan fingerprint density at radius 2 is 2.29 bits per heavy atom. The molecule has 0 spiro atoms. The van der Waals surface area contributed by atoms with Crippen LogP contribution in [0.5, 0.6) is 5.75 Å². The number of carbonyl (C=O) groups is 1. The zero-order chi connectivity index (χ0) is 12.3. The minimum Gasteiger partial charge on any atom is -0.491 e. The minimum absolute atomic E-state index is 0.129. The van der Waals surface area contributed by atoms with Crippen LogP contribution in [0.4, 0.5) is 0 Å². The van der Waals surface area contributed by atoms with Crippen LogP contribution in [-0.2, 0) is 0 Å². The van der Waals surface area contributed by atoms with Gasteiger partial charge < -0.3 is 10.1 Å². The van der Waals surface area contributed by atoms with Gasteiger partial charge in [0, 0.05) is 18.0 Å². The lowest BCUT2D eigenvalue weighted by molar-refractivity contribution is 0.0929. The van der Waals surface area contributed by atoms with Crippen LogP contribution in [0.15, 0.2) is 24.3 Å². The van der Waals surface area contributed by atoms with Gasteiger partial charge in [-0.15, -0.1) is 0 Å². The molecular weight excluding hydrogens is 214 g/mol. The number of rotatable bonds is 4. The Morgan fingerprint density at radius 1 is 1.47 bits per heavy atom. The lowest BCUT2D eigenvalue weighted by Gasteiger charge is -2.12. The second-order valence-corrected chi connectivity index (χ2v) is 4.75. The third kappa shape index (κ3) is 3.07. The van der Waals surface area contributed by atoms with Crippen LogP contribution in [0.2, 0.25) is 0 Å². The number of hydrogen-bond donors (Lipinski definition) is 1. The van der Waals surface area contributed by atoms with Gasteiger partial charge in [0.2, 0.25) is 0 Å². The molecule has 92 valence electrons. The van der Waals surface area contributed by atoms with E-state index in [0.717, 1.165) is 30.8 Å². The molecule has 1 aliphatic rings. The van der Waals surface area contributed by atoms with Crippen molar-refractivity contribution in [1.29, 1.82) is 0 Å². The highest BCUT2D eigenvalue weighted by Gasteiger charge is 2.23. The normalized spacial score (nSPS) is 19.6. The van der Waals surface area contributed by atoms with Crippen molar-refractivity contribution in [2.45, 2.75) is 26.4 Å². The molecule has 0 radical (unpaired) electrons. The summed E-state index contributed by atoms with van der Waals surface area (Å²) in [5.41, 5.74) is 0.761. The molecular formula is C14H19NO2. The van der Waals surface area contributed by atoms with Crippen LogP contribution in [0.1, 0.15) is 30.6 Å². The molecule has 1 aliphatic heterocycles. The first-order chi connectivity index (χ1) is 8.16. The predicted octanol–water partition coefficient (Wildman–Crippen LogP) is 2.27. The van der Waals surface area contributed by atoms with E-state index in [-0.39, 0.29) is 17.8 Å². The van der Waals surface area contributed by atoms with Crippen molar-refractivity contribution in [2.24, 2.45) is 5.92 Å². The molecule has 1 N–H and O–H groups in total. The molecule has 3 heteroatoms. The Balaban J connectivity index is 2.12. The first-order valence-electron chi connectivity index (χ1n) is 6.18. The van der Waals surface area contributed by atoms with Gasteiger partial charge in [-0.1, -0.05) is 12.1 Å². The fourth-order valence-electron chi connectivity index (χ4n) is 2.11. The van der Waals surface area contributed by atoms with Crippen molar-refractivity contribution in [3.8, 4) is 5.75 Å². The van der Waals surface area contributed by atoms with Crippen LogP contribution in [0.3, 0.4) is 0 Å². The highest BCUT2D eigenvalue weighted by atomic mass is 16.5. The lowest BCUT2D eigenvalue weighted by Crippen LogP contribution is -2.18. The smallest absolute Gasteiger partial charge is 0.167 e. The molecule has 1 saturated heterocycles. The minimum atomic E-state index is 0.129. The van der Waals surface area contributed by atoms with E-state index in [1.807, 2.05) is 38.1 Å². The Kier molecular flexibility index (Phi) is 3.79. The number of Topliss-reactive ketones (excluding diaryl/α,β-unsaturated/α-hetero) is 1. The van der Waals surface area contributed by atoms with Gasteiger partial charge >= 0.3 is 0 Å². The van der Waals surface area contributed by atoms with Gasteiger partial charge in [-0.2, -0.15) is 0 Å². The fraction of sp³-hybridized carbons (Fsp3) is 0.500. The summed E-state index contributed by atoms with van der Waals surface area (Å²) in [6, 6.07) is 7.49. The molecule has 1 heterocycles. The molecule has 0 saturated carbocycles. The van der Waals surface area contributed by atoms with E-state index in [0.29, 0.717) is 0 Å². The Morgan fingerprint density at radius 3 is 2.94 bits per heavy atom. The second kappa shape index (κ2) is 5.32. The molecule has 2 rings (SSSR count). The van der Waals surface area contributed by atoms with Gasteiger partial charge in [-0.25, -0.2) is 0 Å². The van der Waals surface area contributed by atoms with Crippen LogP contribution in [0.25, 0.3) is 0 Å². The quantitative estimate of drug-likeness (QED) is 0.811. The fourth-order valence-corrected chi connectivity index (χ4v) is 2.11. The Hall–Kier alpha value is -1.35. The van der Waals surface area contributed by atoms with Crippen LogP contribution >= 0.6 is 0 Å². The molecule has 17 heavy (non-hydrogen) atoms. The topological polar surface area (TPSA) is 38.3 Å². The van der Waals surface area contributed by atoms with Gasteiger partial charge in [0.1, 0.15) is 5.75 Å². The number of hydrogen-bond acceptors (Lipinski definition) is 3. The van der Waals surface area contributed by atoms with E-state index in [4.69, 9.17) is 4.74 Å². The standard InChI is InChI=1S/C14H19NO2/c1-10(2)17-13-5-3-4-11(8-13)14(16)12-6-7-15-9-12/h3-5,8,10,12,15H,6-7,9H2,1-2H3. The summed E-state index contributed by atoms with van der Waals surface area (Å²) in [6.07, 6.45) is 1.07. The molecule has 0 aromatic heterocycles. The first-order valence-corrected chi connectivity index (χ1v) is 6.18. The number of nitrogens with one attached hydrogen (secondary N) is 1. The van der Waals surface area contributed by atoms with Crippen LogP contribution in [0, 0.1) is 5.92 Å². The summed E-state index contributed by atoms with van der Waals surface area (Å²) in [4.78, 5) is 12.2. The van der Waals surface area contributed by atoms with E-state index < -0.39 is 0 Å². The molecule has 0 bridgehead atoms. The number of benzene rings is 1. The number of ether oxygens (including phenoxy) is 1. The Labute approximate surface area is 102 Å². The molecule has 1 unspecified atom stereocenters. The van der Waals surface area contributed by atoms with E-state index in [1.54, 1.807) is 0 Å². The maximum absolute atomic E-state index is 12.2. The van der Waals surface area contributed by atoms with Crippen molar-refractivity contribution in [2.75, 3.05) is 13.1 Å². The molecule has 0 amide bonds. The number of carbonyl (C=O) groups excluding carboxylic acids is 1. The van der Waals surface area contributed by atoms with Crippen molar-refractivity contribution in [3.63, 3.8) is 0 Å². The molecule has 3 nitrogen and oxygen atoms in total. The van der Waals surface area contributed by atoms with E-state index in [2.05, 4.69) is 5.32 Å². The molecule has 1 aromatic rings. The zero-order valence-corrected chi connectivity index (χ0v) is 10.4. The molecule has 1 atom stereocenters. The van der Waals surface area contributed by atoms with Gasteiger partial charge in [-0.3, -0.25) is 4.79 Å². The molecule has 0 aliphatic carbocycles. The summed E-state index contributed by atoms with van der Waals surface area (Å²) in [7, 11) is 0. The molecule has 1 aromatic carbocycles. The van der Waals surface area contributed by atoms with Crippen molar-refractivity contribution >= 4 is 5.78 Å². The SMILES string of the molecule is CC(C)Oc1cccc(C(=O)C2CCNC2)c1. The maximum atomic E-state index is 12.2. The lowest BCUT2D eigenvalue weighted by atomic mass is 9.97. The van der Waals surface area contributed by atoms with Crippen molar-refractivity contribution in [3.05, 3.63) is 29.8 Å². The second-order valence-electron chi connectivity index (χ2n) is 4.75. The first kappa shape index (κ1) is 12.1. The van der Waals surface area contributed by atoms with Gasteiger partial charge in [0.05, 0.1) is 6.10 Å². The monoisotopic (exact) mass is 233 g/mol. The van der Waals surface area contributed by atoms with E-state index >= 15 is 0 Å². The summed E-state index contributed by atoms with van der Waals surface area (Å²) in [5.74, 6) is 1.13.